The first-order chi connectivity index (χ1) is 5.68. The number of carbonyl (C=O) groups is 1. The van der Waals surface area contributed by atoms with Gasteiger partial charge in [0.15, 0.2) is 5.11 Å². The van der Waals surface area contributed by atoms with E-state index < -0.39 is 0 Å². The quantitative estimate of drug-likeness (QED) is 0.631. The second-order valence-corrected chi connectivity index (χ2v) is 3.71. The van der Waals surface area contributed by atoms with Gasteiger partial charge >= 0.3 is 0 Å². The lowest BCUT2D eigenvalue weighted by Gasteiger charge is -2.07. The lowest BCUT2D eigenvalue weighted by atomic mass is 10.0. The van der Waals surface area contributed by atoms with Crippen LogP contribution in [0.2, 0.25) is 0 Å². The third-order valence-corrected chi connectivity index (χ3v) is 2.31. The molecule has 1 fully saturated rings. The van der Waals surface area contributed by atoms with Crippen LogP contribution in [-0.4, -0.2) is 11.0 Å². The van der Waals surface area contributed by atoms with E-state index >= 15 is 0 Å². The Morgan fingerprint density at radius 2 is 2.08 bits per heavy atom. The molecule has 0 aliphatic heterocycles. The van der Waals surface area contributed by atoms with E-state index in [0.29, 0.717) is 12.3 Å². The van der Waals surface area contributed by atoms with Crippen LogP contribution in [0.3, 0.4) is 0 Å². The fourth-order valence-electron chi connectivity index (χ4n) is 1.67. The molecule has 0 saturated heterocycles. The first-order valence-corrected chi connectivity index (χ1v) is 4.68. The van der Waals surface area contributed by atoms with Crippen molar-refractivity contribution in [2.24, 2.45) is 11.7 Å². The molecule has 0 atom stereocenters. The molecule has 3 nitrogen and oxygen atoms in total. The Kier molecular flexibility index (Phi) is 3.47. The third-order valence-electron chi connectivity index (χ3n) is 2.21. The molecule has 0 heterocycles. The van der Waals surface area contributed by atoms with Crippen molar-refractivity contribution in [3.63, 3.8) is 0 Å². The zero-order chi connectivity index (χ0) is 8.97. The van der Waals surface area contributed by atoms with Gasteiger partial charge in [0.05, 0.1) is 0 Å². The summed E-state index contributed by atoms with van der Waals surface area (Å²) in [6, 6.07) is 0. The second-order valence-electron chi connectivity index (χ2n) is 3.27. The number of hydrogen-bond donors (Lipinski definition) is 2. The minimum atomic E-state index is -0.0330. The molecule has 0 unspecified atom stereocenters. The van der Waals surface area contributed by atoms with Crippen molar-refractivity contribution in [3.05, 3.63) is 0 Å². The number of thiocarbonyl (C=S) groups is 1. The molecule has 12 heavy (non-hydrogen) atoms. The molecule has 0 spiro atoms. The largest absolute Gasteiger partial charge is 0.376 e. The van der Waals surface area contributed by atoms with E-state index in [4.69, 9.17) is 5.73 Å². The number of amides is 1. The summed E-state index contributed by atoms with van der Waals surface area (Å²) in [7, 11) is 0. The van der Waals surface area contributed by atoms with Crippen LogP contribution in [0.15, 0.2) is 0 Å². The third kappa shape index (κ3) is 3.17. The second kappa shape index (κ2) is 4.40. The maximum Gasteiger partial charge on any atom is 0.226 e. The van der Waals surface area contributed by atoms with Crippen LogP contribution in [0.4, 0.5) is 0 Å². The van der Waals surface area contributed by atoms with Crippen LogP contribution in [0.25, 0.3) is 0 Å². The van der Waals surface area contributed by atoms with E-state index in [-0.39, 0.29) is 11.0 Å². The van der Waals surface area contributed by atoms with Crippen LogP contribution in [0.5, 0.6) is 0 Å². The highest BCUT2D eigenvalue weighted by Gasteiger charge is 2.18. The normalized spacial score (nSPS) is 17.7. The minimum Gasteiger partial charge on any atom is -0.376 e. The van der Waals surface area contributed by atoms with E-state index in [1.165, 1.54) is 25.7 Å². The Hall–Kier alpha value is -0.640. The molecule has 0 radical (unpaired) electrons. The fourth-order valence-corrected chi connectivity index (χ4v) is 1.78. The molecular weight excluding hydrogens is 172 g/mol. The van der Waals surface area contributed by atoms with E-state index in [9.17, 15) is 4.79 Å². The number of nitrogens with two attached hydrogens (primary N) is 1. The molecule has 1 aliphatic rings. The average molecular weight is 186 g/mol. The molecule has 0 aromatic rings. The number of nitrogens with one attached hydrogen (secondary N) is 1. The molecule has 3 N–H and O–H groups in total. The van der Waals surface area contributed by atoms with Crippen molar-refractivity contribution < 1.29 is 4.79 Å². The Morgan fingerprint density at radius 3 is 2.58 bits per heavy atom. The summed E-state index contributed by atoms with van der Waals surface area (Å²) in [6.07, 6.45) is 5.43. The summed E-state index contributed by atoms with van der Waals surface area (Å²) in [6.45, 7) is 0. The molecule has 68 valence electrons. The highest BCUT2D eigenvalue weighted by atomic mass is 32.1. The van der Waals surface area contributed by atoms with Crippen molar-refractivity contribution in [3.8, 4) is 0 Å². The first-order valence-electron chi connectivity index (χ1n) is 4.28. The number of hydrogen-bond acceptors (Lipinski definition) is 2. The minimum absolute atomic E-state index is 0.0330. The van der Waals surface area contributed by atoms with Crippen LogP contribution < -0.4 is 11.1 Å². The van der Waals surface area contributed by atoms with E-state index in [2.05, 4.69) is 17.5 Å². The van der Waals surface area contributed by atoms with Gasteiger partial charge in [-0.3, -0.25) is 4.79 Å². The zero-order valence-electron chi connectivity index (χ0n) is 7.01. The number of rotatable bonds is 2. The molecule has 1 amide bonds. The van der Waals surface area contributed by atoms with E-state index in [1.54, 1.807) is 0 Å². The van der Waals surface area contributed by atoms with Gasteiger partial charge in [-0.2, -0.15) is 0 Å². The highest BCUT2D eigenvalue weighted by molar-refractivity contribution is 7.80. The van der Waals surface area contributed by atoms with Crippen LogP contribution >= 0.6 is 12.2 Å². The Morgan fingerprint density at radius 1 is 1.50 bits per heavy atom. The van der Waals surface area contributed by atoms with Crippen molar-refractivity contribution >= 4 is 23.2 Å². The van der Waals surface area contributed by atoms with Gasteiger partial charge < -0.3 is 11.1 Å². The SMILES string of the molecule is NC(=S)NC(=O)CC1CCCC1. The average Bonchev–Trinajstić information content (AvgIpc) is 2.37. The van der Waals surface area contributed by atoms with Gasteiger partial charge in [0, 0.05) is 6.42 Å². The zero-order valence-corrected chi connectivity index (χ0v) is 7.82. The Labute approximate surface area is 77.7 Å². The monoisotopic (exact) mass is 186 g/mol. The van der Waals surface area contributed by atoms with E-state index in [1.807, 2.05) is 0 Å². The van der Waals surface area contributed by atoms with Crippen molar-refractivity contribution in [1.29, 1.82) is 0 Å². The molecule has 0 aromatic carbocycles. The lowest BCUT2D eigenvalue weighted by Crippen LogP contribution is -2.35. The van der Waals surface area contributed by atoms with Gasteiger partial charge in [-0.1, -0.05) is 12.8 Å². The fraction of sp³-hybridized carbons (Fsp3) is 0.750. The summed E-state index contributed by atoms with van der Waals surface area (Å²) in [5.41, 5.74) is 5.17. The topological polar surface area (TPSA) is 55.1 Å². The summed E-state index contributed by atoms with van der Waals surface area (Å²) in [5.74, 6) is 0.522. The van der Waals surface area contributed by atoms with Crippen LogP contribution in [-0.2, 0) is 4.79 Å². The molecule has 0 aromatic heterocycles. The van der Waals surface area contributed by atoms with Crippen LogP contribution in [0, 0.1) is 5.92 Å². The standard InChI is InChI=1S/C8H14N2OS/c9-8(12)10-7(11)5-6-3-1-2-4-6/h6H,1-5H2,(H3,9,10,11,12). The van der Waals surface area contributed by atoms with Crippen molar-refractivity contribution in [2.75, 3.05) is 0 Å². The van der Waals surface area contributed by atoms with Crippen LogP contribution in [0.1, 0.15) is 32.1 Å². The summed E-state index contributed by atoms with van der Waals surface area (Å²) >= 11 is 4.56. The van der Waals surface area contributed by atoms with Gasteiger partial charge in [0.25, 0.3) is 0 Å². The molecule has 1 aliphatic carbocycles. The van der Waals surface area contributed by atoms with Gasteiger partial charge in [-0.05, 0) is 31.0 Å². The Balaban J connectivity index is 2.20. The molecular formula is C8H14N2OS. The van der Waals surface area contributed by atoms with Gasteiger partial charge in [0.2, 0.25) is 5.91 Å². The van der Waals surface area contributed by atoms with Gasteiger partial charge in [-0.25, -0.2) is 0 Å². The van der Waals surface area contributed by atoms with Gasteiger partial charge in [-0.15, -0.1) is 0 Å². The maximum absolute atomic E-state index is 11.1. The predicted molar refractivity (Wildman–Crippen MR) is 51.5 cm³/mol. The Bertz CT molecular complexity index is 187. The highest BCUT2D eigenvalue weighted by Crippen LogP contribution is 2.27. The summed E-state index contributed by atoms with van der Waals surface area (Å²) in [4.78, 5) is 11.1. The molecule has 1 rings (SSSR count). The van der Waals surface area contributed by atoms with Crippen molar-refractivity contribution in [1.82, 2.24) is 5.32 Å². The van der Waals surface area contributed by atoms with Crippen molar-refractivity contribution in [2.45, 2.75) is 32.1 Å². The first kappa shape index (κ1) is 9.45. The number of carbonyl (C=O) groups excluding carboxylic acids is 1. The summed E-state index contributed by atoms with van der Waals surface area (Å²) in [5, 5.41) is 2.52. The molecule has 1 saturated carbocycles. The van der Waals surface area contributed by atoms with E-state index in [0.717, 1.165) is 0 Å². The maximum atomic E-state index is 11.1. The smallest absolute Gasteiger partial charge is 0.226 e. The molecule has 4 heteroatoms. The lowest BCUT2D eigenvalue weighted by molar-refractivity contribution is -0.120. The molecule has 0 bridgehead atoms. The predicted octanol–water partition coefficient (Wildman–Crippen LogP) is 0.926. The van der Waals surface area contributed by atoms with Gasteiger partial charge in [0.1, 0.15) is 0 Å². The summed E-state index contributed by atoms with van der Waals surface area (Å²) < 4.78 is 0.